The standard InChI is InChI=1S/C15H25N3/c1-4-16-15-6-5-14(8-17-15)11-18-9-12(2)7-13(3)10-18/h5-6,8,12-13H,4,7,9-11H2,1-3H3,(H,16,17). The van der Waals surface area contributed by atoms with E-state index in [1.54, 1.807) is 0 Å². The van der Waals surface area contributed by atoms with Gasteiger partial charge >= 0.3 is 0 Å². The molecule has 0 bridgehead atoms. The van der Waals surface area contributed by atoms with E-state index in [9.17, 15) is 0 Å². The maximum atomic E-state index is 4.43. The van der Waals surface area contributed by atoms with E-state index in [1.165, 1.54) is 25.1 Å². The van der Waals surface area contributed by atoms with Crippen LogP contribution in [0, 0.1) is 11.8 Å². The lowest BCUT2D eigenvalue weighted by Crippen LogP contribution is -2.38. The maximum Gasteiger partial charge on any atom is 0.125 e. The van der Waals surface area contributed by atoms with Gasteiger partial charge in [-0.3, -0.25) is 4.90 Å². The number of hydrogen-bond acceptors (Lipinski definition) is 3. The minimum Gasteiger partial charge on any atom is -0.370 e. The lowest BCUT2D eigenvalue weighted by atomic mass is 9.92. The summed E-state index contributed by atoms with van der Waals surface area (Å²) in [6, 6.07) is 4.27. The summed E-state index contributed by atoms with van der Waals surface area (Å²) in [4.78, 5) is 6.99. The van der Waals surface area contributed by atoms with Gasteiger partial charge in [0.1, 0.15) is 5.82 Å². The summed E-state index contributed by atoms with van der Waals surface area (Å²) in [5.41, 5.74) is 1.32. The molecule has 0 radical (unpaired) electrons. The Kier molecular flexibility index (Phi) is 4.59. The third-order valence-electron chi connectivity index (χ3n) is 3.53. The second-order valence-corrected chi connectivity index (χ2v) is 5.72. The molecule has 3 nitrogen and oxygen atoms in total. The Morgan fingerprint density at radius 2 is 2.00 bits per heavy atom. The van der Waals surface area contributed by atoms with E-state index in [-0.39, 0.29) is 0 Å². The van der Waals surface area contributed by atoms with Crippen molar-refractivity contribution in [2.75, 3.05) is 25.0 Å². The van der Waals surface area contributed by atoms with Crippen LogP contribution in [-0.4, -0.2) is 29.5 Å². The smallest absolute Gasteiger partial charge is 0.125 e. The van der Waals surface area contributed by atoms with E-state index in [0.29, 0.717) is 0 Å². The molecule has 0 aliphatic carbocycles. The first-order valence-electron chi connectivity index (χ1n) is 7.08. The highest BCUT2D eigenvalue weighted by Gasteiger charge is 2.21. The van der Waals surface area contributed by atoms with Gasteiger partial charge < -0.3 is 5.32 Å². The van der Waals surface area contributed by atoms with Gasteiger partial charge in [-0.15, -0.1) is 0 Å². The highest BCUT2D eigenvalue weighted by atomic mass is 15.1. The van der Waals surface area contributed by atoms with Crippen molar-refractivity contribution < 1.29 is 0 Å². The van der Waals surface area contributed by atoms with Crippen LogP contribution in [-0.2, 0) is 6.54 Å². The van der Waals surface area contributed by atoms with Gasteiger partial charge in [0.2, 0.25) is 0 Å². The molecule has 100 valence electrons. The third kappa shape index (κ3) is 3.70. The Bertz CT molecular complexity index is 351. The SMILES string of the molecule is CCNc1ccc(CN2CC(C)CC(C)C2)cn1. The van der Waals surface area contributed by atoms with Crippen LogP contribution in [0.5, 0.6) is 0 Å². The number of aromatic nitrogens is 1. The molecule has 1 aromatic rings. The summed E-state index contributed by atoms with van der Waals surface area (Å²) in [6.45, 7) is 11.2. The number of nitrogens with zero attached hydrogens (tertiary/aromatic N) is 2. The molecule has 2 atom stereocenters. The number of hydrogen-bond donors (Lipinski definition) is 1. The second kappa shape index (κ2) is 6.19. The van der Waals surface area contributed by atoms with E-state index in [1.807, 2.05) is 6.20 Å². The van der Waals surface area contributed by atoms with Crippen LogP contribution < -0.4 is 5.32 Å². The monoisotopic (exact) mass is 247 g/mol. The average molecular weight is 247 g/mol. The van der Waals surface area contributed by atoms with E-state index >= 15 is 0 Å². The van der Waals surface area contributed by atoms with Crippen molar-refractivity contribution in [2.24, 2.45) is 11.8 Å². The lowest BCUT2D eigenvalue weighted by Gasteiger charge is -2.34. The summed E-state index contributed by atoms with van der Waals surface area (Å²) >= 11 is 0. The predicted molar refractivity (Wildman–Crippen MR) is 76.6 cm³/mol. The fourth-order valence-electron chi connectivity index (χ4n) is 2.98. The molecule has 18 heavy (non-hydrogen) atoms. The first-order valence-corrected chi connectivity index (χ1v) is 7.08. The largest absolute Gasteiger partial charge is 0.370 e. The van der Waals surface area contributed by atoms with Crippen LogP contribution in [0.25, 0.3) is 0 Å². The van der Waals surface area contributed by atoms with E-state index < -0.39 is 0 Å². The number of anilines is 1. The summed E-state index contributed by atoms with van der Waals surface area (Å²) in [5.74, 6) is 2.62. The van der Waals surface area contributed by atoms with Crippen molar-refractivity contribution in [3.05, 3.63) is 23.9 Å². The van der Waals surface area contributed by atoms with Crippen LogP contribution >= 0.6 is 0 Å². The molecule has 1 saturated heterocycles. The zero-order chi connectivity index (χ0) is 13.0. The second-order valence-electron chi connectivity index (χ2n) is 5.72. The van der Waals surface area contributed by atoms with Gasteiger partial charge in [0.25, 0.3) is 0 Å². The quantitative estimate of drug-likeness (QED) is 0.886. The molecule has 1 aromatic heterocycles. The number of rotatable bonds is 4. The fourth-order valence-corrected chi connectivity index (χ4v) is 2.98. The predicted octanol–water partition coefficient (Wildman–Crippen LogP) is 2.99. The topological polar surface area (TPSA) is 28.2 Å². The normalized spacial score (nSPS) is 25.1. The Morgan fingerprint density at radius 1 is 1.28 bits per heavy atom. The summed E-state index contributed by atoms with van der Waals surface area (Å²) < 4.78 is 0. The van der Waals surface area contributed by atoms with Crippen LogP contribution in [0.3, 0.4) is 0 Å². The van der Waals surface area contributed by atoms with Crippen molar-refractivity contribution in [2.45, 2.75) is 33.7 Å². The molecule has 0 amide bonds. The van der Waals surface area contributed by atoms with E-state index in [0.717, 1.165) is 30.7 Å². The van der Waals surface area contributed by atoms with Crippen molar-refractivity contribution in [1.82, 2.24) is 9.88 Å². The van der Waals surface area contributed by atoms with Gasteiger partial charge in [-0.2, -0.15) is 0 Å². The minimum atomic E-state index is 0.822. The Labute approximate surface area is 111 Å². The molecule has 2 rings (SSSR count). The van der Waals surface area contributed by atoms with E-state index in [4.69, 9.17) is 0 Å². The summed E-state index contributed by atoms with van der Waals surface area (Å²) in [6.07, 6.45) is 3.37. The molecular formula is C15H25N3. The van der Waals surface area contributed by atoms with Crippen molar-refractivity contribution in [3.63, 3.8) is 0 Å². The van der Waals surface area contributed by atoms with Crippen LogP contribution in [0.4, 0.5) is 5.82 Å². The molecule has 1 aliphatic rings. The van der Waals surface area contributed by atoms with Gasteiger partial charge in [-0.05, 0) is 36.8 Å². The maximum absolute atomic E-state index is 4.43. The van der Waals surface area contributed by atoms with Gasteiger partial charge in [0, 0.05) is 32.4 Å². The number of nitrogens with one attached hydrogen (secondary N) is 1. The lowest BCUT2D eigenvalue weighted by molar-refractivity contribution is 0.134. The summed E-state index contributed by atoms with van der Waals surface area (Å²) in [5, 5.41) is 3.23. The van der Waals surface area contributed by atoms with Crippen LogP contribution in [0.2, 0.25) is 0 Å². The molecule has 1 aliphatic heterocycles. The average Bonchev–Trinajstić information content (AvgIpc) is 2.31. The highest BCUT2D eigenvalue weighted by Crippen LogP contribution is 2.22. The molecule has 1 N–H and O–H groups in total. The highest BCUT2D eigenvalue weighted by molar-refractivity contribution is 5.35. The first-order chi connectivity index (χ1) is 8.67. The van der Waals surface area contributed by atoms with Crippen LogP contribution in [0.15, 0.2) is 18.3 Å². The fraction of sp³-hybridized carbons (Fsp3) is 0.667. The minimum absolute atomic E-state index is 0.822. The third-order valence-corrected chi connectivity index (χ3v) is 3.53. The Balaban J connectivity index is 1.92. The van der Waals surface area contributed by atoms with Gasteiger partial charge in [0.15, 0.2) is 0 Å². The van der Waals surface area contributed by atoms with E-state index in [2.05, 4.69) is 48.1 Å². The van der Waals surface area contributed by atoms with Crippen molar-refractivity contribution in [1.29, 1.82) is 0 Å². The van der Waals surface area contributed by atoms with Gasteiger partial charge in [-0.1, -0.05) is 19.9 Å². The molecule has 3 heteroatoms. The van der Waals surface area contributed by atoms with Crippen molar-refractivity contribution in [3.8, 4) is 0 Å². The summed E-state index contributed by atoms with van der Waals surface area (Å²) in [7, 11) is 0. The Morgan fingerprint density at radius 3 is 2.56 bits per heavy atom. The molecule has 2 heterocycles. The molecule has 1 fully saturated rings. The van der Waals surface area contributed by atoms with Gasteiger partial charge in [0.05, 0.1) is 0 Å². The zero-order valence-corrected chi connectivity index (χ0v) is 11.8. The molecule has 0 aromatic carbocycles. The van der Waals surface area contributed by atoms with Gasteiger partial charge in [-0.25, -0.2) is 4.98 Å². The first kappa shape index (κ1) is 13.3. The Hall–Kier alpha value is -1.09. The number of pyridine rings is 1. The zero-order valence-electron chi connectivity index (χ0n) is 11.8. The number of likely N-dealkylation sites (tertiary alicyclic amines) is 1. The number of piperidine rings is 1. The molecule has 2 unspecified atom stereocenters. The van der Waals surface area contributed by atoms with Crippen molar-refractivity contribution >= 4 is 5.82 Å². The molecule has 0 saturated carbocycles. The van der Waals surface area contributed by atoms with Crippen LogP contribution in [0.1, 0.15) is 32.8 Å². The molecular weight excluding hydrogens is 222 g/mol. The molecule has 0 spiro atoms.